The molecule has 0 aromatic heterocycles. The number of amides is 1. The molecule has 1 saturated heterocycles. The molecule has 0 aromatic rings. The average Bonchev–Trinajstić information content (AvgIpc) is 3.04. The van der Waals surface area contributed by atoms with Gasteiger partial charge in [-0.15, -0.1) is 0 Å². The van der Waals surface area contributed by atoms with Crippen molar-refractivity contribution >= 4 is 23.6 Å². The molecule has 0 radical (unpaired) electrons. The molecule has 0 aromatic carbocycles. The molecule has 2 aliphatic rings. The van der Waals surface area contributed by atoms with Gasteiger partial charge >= 0.3 is 5.97 Å². The van der Waals surface area contributed by atoms with Crippen molar-refractivity contribution in [1.82, 2.24) is 4.90 Å². The van der Waals surface area contributed by atoms with Crippen molar-refractivity contribution in [3.8, 4) is 0 Å². The summed E-state index contributed by atoms with van der Waals surface area (Å²) in [5.74, 6) is 0.623. The van der Waals surface area contributed by atoms with Crippen LogP contribution in [0.15, 0.2) is 0 Å². The van der Waals surface area contributed by atoms with E-state index in [-0.39, 0.29) is 17.7 Å². The van der Waals surface area contributed by atoms with E-state index in [1.807, 2.05) is 6.26 Å². The topological polar surface area (TPSA) is 57.6 Å². The molecule has 17 heavy (non-hydrogen) atoms. The van der Waals surface area contributed by atoms with Crippen LogP contribution in [0, 0.1) is 17.8 Å². The average molecular weight is 257 g/mol. The minimum atomic E-state index is -0.734. The van der Waals surface area contributed by atoms with Crippen LogP contribution < -0.4 is 0 Å². The van der Waals surface area contributed by atoms with Crippen molar-refractivity contribution in [3.63, 3.8) is 0 Å². The molecule has 1 heterocycles. The molecule has 1 saturated carbocycles. The quantitative estimate of drug-likeness (QED) is 0.806. The van der Waals surface area contributed by atoms with Crippen LogP contribution in [-0.4, -0.2) is 47.0 Å². The van der Waals surface area contributed by atoms with Crippen LogP contribution in [0.3, 0.4) is 0 Å². The second kappa shape index (κ2) is 5.29. The van der Waals surface area contributed by atoms with Crippen LogP contribution in [0.1, 0.15) is 19.3 Å². The molecule has 1 aliphatic carbocycles. The highest BCUT2D eigenvalue weighted by atomic mass is 32.2. The Bertz CT molecular complexity index is 317. The second-order valence-corrected chi connectivity index (χ2v) is 5.97. The van der Waals surface area contributed by atoms with E-state index in [1.54, 1.807) is 16.7 Å². The molecule has 0 unspecified atom stereocenters. The highest BCUT2D eigenvalue weighted by Gasteiger charge is 2.46. The summed E-state index contributed by atoms with van der Waals surface area (Å²) >= 11 is 1.65. The molecule has 0 spiro atoms. The third-order valence-corrected chi connectivity index (χ3v) is 4.39. The first kappa shape index (κ1) is 12.7. The van der Waals surface area contributed by atoms with Gasteiger partial charge in [-0.3, -0.25) is 9.59 Å². The molecular weight excluding hydrogens is 238 g/mol. The number of hydrogen-bond acceptors (Lipinski definition) is 3. The molecule has 1 amide bonds. The number of carbonyl (C=O) groups is 2. The van der Waals surface area contributed by atoms with Crippen molar-refractivity contribution in [1.29, 1.82) is 0 Å². The summed E-state index contributed by atoms with van der Waals surface area (Å²) in [7, 11) is 0. The normalized spacial score (nSPS) is 28.4. The van der Waals surface area contributed by atoms with Gasteiger partial charge in [0.25, 0.3) is 0 Å². The van der Waals surface area contributed by atoms with Crippen LogP contribution in [0.25, 0.3) is 0 Å². The zero-order valence-electron chi connectivity index (χ0n) is 10.1. The zero-order valence-corrected chi connectivity index (χ0v) is 10.9. The number of thioether (sulfide) groups is 1. The zero-order chi connectivity index (χ0) is 12.4. The third kappa shape index (κ3) is 2.94. The number of likely N-dealkylation sites (tertiary alicyclic amines) is 1. The van der Waals surface area contributed by atoms with Crippen LogP contribution in [-0.2, 0) is 9.59 Å². The highest BCUT2D eigenvalue weighted by Crippen LogP contribution is 2.44. The number of carboxylic acids is 1. The molecule has 1 aliphatic heterocycles. The van der Waals surface area contributed by atoms with E-state index >= 15 is 0 Å². The number of nitrogens with zero attached hydrogens (tertiary/aromatic N) is 1. The maximum absolute atomic E-state index is 11.9. The maximum atomic E-state index is 11.9. The van der Waals surface area contributed by atoms with E-state index < -0.39 is 5.97 Å². The lowest BCUT2D eigenvalue weighted by Crippen LogP contribution is -2.30. The Hall–Kier alpha value is -0.710. The molecule has 2 fully saturated rings. The summed E-state index contributed by atoms with van der Waals surface area (Å²) in [4.78, 5) is 24.8. The largest absolute Gasteiger partial charge is 0.481 e. The minimum absolute atomic E-state index is 0.119. The minimum Gasteiger partial charge on any atom is -0.481 e. The predicted octanol–water partition coefficient (Wildman–Crippen LogP) is 1.31. The SMILES string of the molecule is CSCCC(=O)N1C[C@H](C(=O)O)[C@@H](C2CC2)C1. The van der Waals surface area contributed by atoms with Crippen LogP contribution in [0.2, 0.25) is 0 Å². The first-order valence-corrected chi connectivity index (χ1v) is 7.52. The number of carboxylic acid groups (broad SMARTS) is 1. The molecule has 1 N–H and O–H groups in total. The van der Waals surface area contributed by atoms with Crippen molar-refractivity contribution in [2.24, 2.45) is 17.8 Å². The lowest BCUT2D eigenvalue weighted by atomic mass is 9.92. The molecule has 96 valence electrons. The van der Waals surface area contributed by atoms with Gasteiger partial charge in [0.1, 0.15) is 0 Å². The molecule has 2 rings (SSSR count). The standard InChI is InChI=1S/C12H19NO3S/c1-17-5-4-11(14)13-6-9(8-2-3-8)10(7-13)12(15)16/h8-10H,2-7H2,1H3,(H,15,16)/t9-,10+/m1/s1. The first-order chi connectivity index (χ1) is 8.13. The van der Waals surface area contributed by atoms with Crippen molar-refractivity contribution in [2.75, 3.05) is 25.1 Å². The molecule has 0 bridgehead atoms. The monoisotopic (exact) mass is 257 g/mol. The Labute approximate surface area is 106 Å². The number of rotatable bonds is 5. The summed E-state index contributed by atoms with van der Waals surface area (Å²) in [6.45, 7) is 1.08. The Morgan fingerprint density at radius 1 is 1.35 bits per heavy atom. The van der Waals surface area contributed by atoms with Gasteiger partial charge in [-0.2, -0.15) is 11.8 Å². The Morgan fingerprint density at radius 3 is 2.59 bits per heavy atom. The van der Waals surface area contributed by atoms with Crippen LogP contribution in [0.5, 0.6) is 0 Å². The Morgan fingerprint density at radius 2 is 2.06 bits per heavy atom. The number of aliphatic carboxylic acids is 1. The number of carbonyl (C=O) groups excluding carboxylic acids is 1. The van der Waals surface area contributed by atoms with Crippen LogP contribution >= 0.6 is 11.8 Å². The van der Waals surface area contributed by atoms with E-state index in [2.05, 4.69) is 0 Å². The first-order valence-electron chi connectivity index (χ1n) is 6.13. The van der Waals surface area contributed by atoms with E-state index in [0.717, 1.165) is 18.6 Å². The summed E-state index contributed by atoms with van der Waals surface area (Å²) in [5.41, 5.74) is 0. The maximum Gasteiger partial charge on any atom is 0.308 e. The third-order valence-electron chi connectivity index (χ3n) is 3.78. The second-order valence-electron chi connectivity index (χ2n) is 4.99. The van der Waals surface area contributed by atoms with Gasteiger partial charge in [0.2, 0.25) is 5.91 Å². The molecular formula is C12H19NO3S. The Kier molecular flexibility index (Phi) is 3.97. The lowest BCUT2D eigenvalue weighted by molar-refractivity contribution is -0.142. The van der Waals surface area contributed by atoms with E-state index in [1.165, 1.54) is 0 Å². The van der Waals surface area contributed by atoms with Crippen LogP contribution in [0.4, 0.5) is 0 Å². The molecule has 4 nitrogen and oxygen atoms in total. The van der Waals surface area contributed by atoms with E-state index in [0.29, 0.717) is 25.4 Å². The highest BCUT2D eigenvalue weighted by molar-refractivity contribution is 7.98. The van der Waals surface area contributed by atoms with Crippen molar-refractivity contribution in [2.45, 2.75) is 19.3 Å². The van der Waals surface area contributed by atoms with Gasteiger partial charge in [0.05, 0.1) is 5.92 Å². The van der Waals surface area contributed by atoms with E-state index in [4.69, 9.17) is 0 Å². The molecule has 2 atom stereocenters. The van der Waals surface area contributed by atoms with E-state index in [9.17, 15) is 14.7 Å². The Balaban J connectivity index is 1.93. The summed E-state index contributed by atoms with van der Waals surface area (Å²) in [6, 6.07) is 0. The van der Waals surface area contributed by atoms with Gasteiger partial charge in [0, 0.05) is 25.3 Å². The van der Waals surface area contributed by atoms with Gasteiger partial charge in [-0.05, 0) is 30.9 Å². The predicted molar refractivity (Wildman–Crippen MR) is 66.9 cm³/mol. The summed E-state index contributed by atoms with van der Waals surface area (Å²) in [5, 5.41) is 9.19. The van der Waals surface area contributed by atoms with Crippen molar-refractivity contribution in [3.05, 3.63) is 0 Å². The molecule has 5 heteroatoms. The van der Waals surface area contributed by atoms with Crippen molar-refractivity contribution < 1.29 is 14.7 Å². The van der Waals surface area contributed by atoms with Gasteiger partial charge in [-0.1, -0.05) is 0 Å². The van der Waals surface area contributed by atoms with Gasteiger partial charge in [0.15, 0.2) is 0 Å². The van der Waals surface area contributed by atoms with Gasteiger partial charge in [-0.25, -0.2) is 0 Å². The lowest BCUT2D eigenvalue weighted by Gasteiger charge is -2.15. The summed E-state index contributed by atoms with van der Waals surface area (Å²) < 4.78 is 0. The van der Waals surface area contributed by atoms with Gasteiger partial charge < -0.3 is 10.0 Å². The summed E-state index contributed by atoms with van der Waals surface area (Å²) in [6.07, 6.45) is 4.79. The fourth-order valence-electron chi connectivity index (χ4n) is 2.64. The smallest absolute Gasteiger partial charge is 0.308 e. The fraction of sp³-hybridized carbons (Fsp3) is 0.833. The fourth-order valence-corrected chi connectivity index (χ4v) is 3.02. The number of hydrogen-bond donors (Lipinski definition) is 1.